The molecule has 0 radical (unpaired) electrons. The van der Waals surface area contributed by atoms with E-state index in [2.05, 4.69) is 10.2 Å². The van der Waals surface area contributed by atoms with E-state index >= 15 is 0 Å². The molecule has 2 heterocycles. The minimum absolute atomic E-state index is 0.287. The molecule has 3 nitrogen and oxygen atoms in total. The Balaban J connectivity index is 1.48. The Kier molecular flexibility index (Phi) is 6.08. The van der Waals surface area contributed by atoms with Crippen LogP contribution in [0.2, 0.25) is 10.0 Å². The van der Waals surface area contributed by atoms with E-state index in [1.807, 2.05) is 19.1 Å². The van der Waals surface area contributed by atoms with Gasteiger partial charge in [-0.15, -0.1) is 0 Å². The molecule has 2 saturated heterocycles. The summed E-state index contributed by atoms with van der Waals surface area (Å²) in [7, 11) is 0. The molecule has 2 fully saturated rings. The molecule has 0 atom stereocenters. The first-order valence-corrected chi connectivity index (χ1v) is 9.43. The van der Waals surface area contributed by atoms with Crippen LogP contribution in [0.25, 0.3) is 0 Å². The largest absolute Gasteiger partial charge is 0.490 e. The van der Waals surface area contributed by atoms with Crippen molar-refractivity contribution >= 4 is 23.2 Å². The zero-order valence-electron chi connectivity index (χ0n) is 13.8. The van der Waals surface area contributed by atoms with Crippen molar-refractivity contribution in [2.45, 2.75) is 38.7 Å². The van der Waals surface area contributed by atoms with E-state index in [0.29, 0.717) is 10.0 Å². The van der Waals surface area contributed by atoms with Gasteiger partial charge in [-0.2, -0.15) is 0 Å². The predicted octanol–water partition coefficient (Wildman–Crippen LogP) is 4.14. The highest BCUT2D eigenvalue weighted by molar-refractivity contribution is 6.42. The molecular formula is C18H26Cl2N2O. The Morgan fingerprint density at radius 3 is 2.52 bits per heavy atom. The summed E-state index contributed by atoms with van der Waals surface area (Å²) in [5, 5.41) is 4.64. The summed E-state index contributed by atoms with van der Waals surface area (Å²) in [6.45, 7) is 7.85. The summed E-state index contributed by atoms with van der Waals surface area (Å²) in [5.74, 6) is 1.74. The molecule has 0 aliphatic carbocycles. The van der Waals surface area contributed by atoms with Gasteiger partial charge in [0.05, 0.1) is 10.0 Å². The minimum atomic E-state index is 0.287. The molecule has 2 aliphatic heterocycles. The van der Waals surface area contributed by atoms with Crippen molar-refractivity contribution < 1.29 is 4.74 Å². The monoisotopic (exact) mass is 356 g/mol. The molecule has 0 bridgehead atoms. The number of benzene rings is 1. The number of nitrogens with zero attached hydrogens (tertiary/aromatic N) is 1. The number of rotatable bonds is 4. The highest BCUT2D eigenvalue weighted by atomic mass is 35.5. The summed E-state index contributed by atoms with van der Waals surface area (Å²) in [4.78, 5) is 2.61. The average Bonchev–Trinajstić information content (AvgIpc) is 2.58. The molecule has 0 unspecified atom stereocenters. The molecule has 3 rings (SSSR count). The fourth-order valence-corrected chi connectivity index (χ4v) is 3.94. The van der Waals surface area contributed by atoms with Crippen LogP contribution in [0.4, 0.5) is 0 Å². The smallest absolute Gasteiger partial charge is 0.124 e. The van der Waals surface area contributed by atoms with Crippen LogP contribution in [0.5, 0.6) is 5.75 Å². The fourth-order valence-electron chi connectivity index (χ4n) is 3.58. The van der Waals surface area contributed by atoms with Crippen LogP contribution < -0.4 is 10.1 Å². The Hall–Kier alpha value is -0.480. The maximum absolute atomic E-state index is 6.21. The van der Waals surface area contributed by atoms with Crippen molar-refractivity contribution in [3.63, 3.8) is 0 Å². The van der Waals surface area contributed by atoms with Crippen molar-refractivity contribution in [1.82, 2.24) is 10.2 Å². The summed E-state index contributed by atoms with van der Waals surface area (Å²) in [5.41, 5.74) is 0.941. The van der Waals surface area contributed by atoms with Gasteiger partial charge in [0.25, 0.3) is 0 Å². The van der Waals surface area contributed by atoms with Crippen LogP contribution in [0.15, 0.2) is 12.1 Å². The van der Waals surface area contributed by atoms with Crippen LogP contribution in [-0.4, -0.2) is 43.7 Å². The first kappa shape index (κ1) is 17.3. The maximum Gasteiger partial charge on any atom is 0.124 e. The Bertz CT molecular complexity index is 524. The fraction of sp³-hybridized carbons (Fsp3) is 0.667. The van der Waals surface area contributed by atoms with E-state index in [0.717, 1.165) is 43.2 Å². The predicted molar refractivity (Wildman–Crippen MR) is 96.9 cm³/mol. The number of hydrogen-bond donors (Lipinski definition) is 1. The van der Waals surface area contributed by atoms with Gasteiger partial charge in [-0.1, -0.05) is 23.2 Å². The zero-order chi connectivity index (χ0) is 16.2. The van der Waals surface area contributed by atoms with E-state index in [1.54, 1.807) is 0 Å². The summed E-state index contributed by atoms with van der Waals surface area (Å²) < 4.78 is 6.18. The first-order valence-electron chi connectivity index (χ1n) is 8.68. The Morgan fingerprint density at radius 2 is 1.83 bits per heavy atom. The summed E-state index contributed by atoms with van der Waals surface area (Å²) >= 11 is 12.2. The van der Waals surface area contributed by atoms with Gasteiger partial charge in [0.1, 0.15) is 11.9 Å². The molecule has 1 aromatic rings. The normalized spacial score (nSPS) is 21.5. The lowest BCUT2D eigenvalue weighted by Gasteiger charge is -2.35. The average molecular weight is 357 g/mol. The maximum atomic E-state index is 6.21. The molecular weight excluding hydrogens is 331 g/mol. The third-order valence-corrected chi connectivity index (χ3v) is 5.99. The Morgan fingerprint density at radius 1 is 1.13 bits per heavy atom. The number of nitrogens with one attached hydrogen (secondary N) is 1. The topological polar surface area (TPSA) is 24.5 Å². The van der Waals surface area contributed by atoms with Gasteiger partial charge >= 0.3 is 0 Å². The molecule has 5 heteroatoms. The van der Waals surface area contributed by atoms with Gasteiger partial charge in [-0.3, -0.25) is 0 Å². The molecule has 1 aromatic carbocycles. The molecule has 2 aliphatic rings. The van der Waals surface area contributed by atoms with E-state index < -0.39 is 0 Å². The van der Waals surface area contributed by atoms with Crippen molar-refractivity contribution in [2.24, 2.45) is 5.92 Å². The molecule has 0 saturated carbocycles. The SMILES string of the molecule is Cc1c(OC2CCN(CC3CCNCC3)CC2)ccc(Cl)c1Cl. The Labute approximate surface area is 149 Å². The van der Waals surface area contributed by atoms with E-state index in [-0.39, 0.29) is 6.10 Å². The highest BCUT2D eigenvalue weighted by Crippen LogP contribution is 2.33. The quantitative estimate of drug-likeness (QED) is 0.876. The zero-order valence-corrected chi connectivity index (χ0v) is 15.3. The molecule has 1 N–H and O–H groups in total. The second kappa shape index (κ2) is 8.06. The third kappa shape index (κ3) is 4.54. The number of hydrogen-bond acceptors (Lipinski definition) is 3. The summed E-state index contributed by atoms with van der Waals surface area (Å²) in [6, 6.07) is 3.75. The van der Waals surface area contributed by atoms with Gasteiger partial charge in [-0.25, -0.2) is 0 Å². The lowest BCUT2D eigenvalue weighted by Crippen LogP contribution is -2.42. The van der Waals surface area contributed by atoms with Crippen molar-refractivity contribution in [2.75, 3.05) is 32.7 Å². The van der Waals surface area contributed by atoms with Crippen LogP contribution in [0, 0.1) is 12.8 Å². The lowest BCUT2D eigenvalue weighted by atomic mass is 9.96. The third-order valence-electron chi connectivity index (χ3n) is 5.09. The molecule has 0 spiro atoms. The molecule has 128 valence electrons. The second-order valence-corrected chi connectivity index (χ2v) is 7.58. The van der Waals surface area contributed by atoms with E-state index in [9.17, 15) is 0 Å². The van der Waals surface area contributed by atoms with Crippen LogP contribution in [-0.2, 0) is 0 Å². The van der Waals surface area contributed by atoms with Gasteiger partial charge in [-0.05, 0) is 63.7 Å². The summed E-state index contributed by atoms with van der Waals surface area (Å²) in [6.07, 6.45) is 5.10. The standard InChI is InChI=1S/C18H26Cl2N2O/c1-13-17(3-2-16(19)18(13)20)23-15-6-10-22(11-7-15)12-14-4-8-21-9-5-14/h2-3,14-15,21H,4-12H2,1H3. The number of halogens is 2. The van der Waals surface area contributed by atoms with Crippen LogP contribution in [0.3, 0.4) is 0 Å². The highest BCUT2D eigenvalue weighted by Gasteiger charge is 2.24. The van der Waals surface area contributed by atoms with Crippen LogP contribution >= 0.6 is 23.2 Å². The number of ether oxygens (including phenoxy) is 1. The number of likely N-dealkylation sites (tertiary alicyclic amines) is 1. The molecule has 0 amide bonds. The van der Waals surface area contributed by atoms with Crippen LogP contribution in [0.1, 0.15) is 31.2 Å². The minimum Gasteiger partial charge on any atom is -0.490 e. The lowest BCUT2D eigenvalue weighted by molar-refractivity contribution is 0.0868. The molecule has 0 aromatic heterocycles. The first-order chi connectivity index (χ1) is 11.1. The van der Waals surface area contributed by atoms with Gasteiger partial charge in [0, 0.05) is 25.2 Å². The van der Waals surface area contributed by atoms with Gasteiger partial charge in [0.15, 0.2) is 0 Å². The van der Waals surface area contributed by atoms with E-state index in [1.165, 1.54) is 32.5 Å². The van der Waals surface area contributed by atoms with E-state index in [4.69, 9.17) is 27.9 Å². The van der Waals surface area contributed by atoms with Gasteiger partial charge in [0.2, 0.25) is 0 Å². The van der Waals surface area contributed by atoms with Crippen molar-refractivity contribution in [3.05, 3.63) is 27.7 Å². The molecule has 23 heavy (non-hydrogen) atoms. The van der Waals surface area contributed by atoms with Crippen molar-refractivity contribution in [3.8, 4) is 5.75 Å². The second-order valence-electron chi connectivity index (χ2n) is 6.80. The van der Waals surface area contributed by atoms with Crippen molar-refractivity contribution in [1.29, 1.82) is 0 Å². The van der Waals surface area contributed by atoms with Gasteiger partial charge < -0.3 is 15.0 Å². The number of piperidine rings is 2.